The number of hydrogen-bond acceptors (Lipinski definition) is 3. The molecule has 0 unspecified atom stereocenters. The SMILES string of the molecule is NS(=O)(=O)c1ccc(CNC(=O)c2cc(F)cc(F)c2)cc1. The molecule has 5 nitrogen and oxygen atoms in total. The first-order valence-corrected chi connectivity index (χ1v) is 7.66. The number of sulfonamides is 1. The molecule has 0 spiro atoms. The Kier molecular flexibility index (Phi) is 4.53. The molecule has 22 heavy (non-hydrogen) atoms. The van der Waals surface area contributed by atoms with Gasteiger partial charge in [0.1, 0.15) is 11.6 Å². The van der Waals surface area contributed by atoms with Crippen LogP contribution in [-0.4, -0.2) is 14.3 Å². The topological polar surface area (TPSA) is 89.3 Å². The van der Waals surface area contributed by atoms with Crippen LogP contribution in [0.15, 0.2) is 47.4 Å². The van der Waals surface area contributed by atoms with Crippen LogP contribution in [0.25, 0.3) is 0 Å². The number of hydrogen-bond donors (Lipinski definition) is 2. The number of carbonyl (C=O) groups is 1. The number of amides is 1. The van der Waals surface area contributed by atoms with E-state index in [1.807, 2.05) is 0 Å². The summed E-state index contributed by atoms with van der Waals surface area (Å²) in [6.07, 6.45) is 0. The maximum Gasteiger partial charge on any atom is 0.251 e. The van der Waals surface area contributed by atoms with E-state index in [1.165, 1.54) is 24.3 Å². The lowest BCUT2D eigenvalue weighted by Crippen LogP contribution is -2.23. The summed E-state index contributed by atoms with van der Waals surface area (Å²) in [5.74, 6) is -2.33. The summed E-state index contributed by atoms with van der Waals surface area (Å²) in [4.78, 5) is 11.7. The minimum Gasteiger partial charge on any atom is -0.348 e. The Bertz CT molecular complexity index is 785. The van der Waals surface area contributed by atoms with Gasteiger partial charge in [-0.15, -0.1) is 0 Å². The van der Waals surface area contributed by atoms with Gasteiger partial charge in [0.15, 0.2) is 0 Å². The van der Waals surface area contributed by atoms with Crippen LogP contribution in [0.1, 0.15) is 15.9 Å². The Morgan fingerprint density at radius 1 is 1.05 bits per heavy atom. The van der Waals surface area contributed by atoms with Crippen LogP contribution in [0, 0.1) is 11.6 Å². The Balaban J connectivity index is 2.05. The highest BCUT2D eigenvalue weighted by Gasteiger charge is 2.10. The number of benzene rings is 2. The fourth-order valence-electron chi connectivity index (χ4n) is 1.77. The zero-order valence-corrected chi connectivity index (χ0v) is 12.0. The van der Waals surface area contributed by atoms with Crippen molar-refractivity contribution in [3.05, 3.63) is 65.2 Å². The van der Waals surface area contributed by atoms with E-state index < -0.39 is 27.6 Å². The number of nitrogens with two attached hydrogens (primary N) is 1. The standard InChI is InChI=1S/C14H12F2N2O3S/c15-11-5-10(6-12(16)7-11)14(19)18-8-9-1-3-13(4-2-9)22(17,20)21/h1-7H,8H2,(H,18,19)(H2,17,20,21). The first kappa shape index (κ1) is 16.1. The van der Waals surface area contributed by atoms with Gasteiger partial charge in [-0.1, -0.05) is 12.1 Å². The van der Waals surface area contributed by atoms with Crippen LogP contribution in [0.4, 0.5) is 8.78 Å². The molecule has 2 aromatic rings. The molecule has 0 radical (unpaired) electrons. The van der Waals surface area contributed by atoms with Crippen LogP contribution in [0.3, 0.4) is 0 Å². The van der Waals surface area contributed by atoms with Gasteiger partial charge in [0, 0.05) is 18.2 Å². The van der Waals surface area contributed by atoms with Crippen molar-refractivity contribution < 1.29 is 22.0 Å². The van der Waals surface area contributed by atoms with E-state index in [4.69, 9.17) is 5.14 Å². The van der Waals surface area contributed by atoms with Gasteiger partial charge in [-0.05, 0) is 29.8 Å². The molecule has 0 aliphatic heterocycles. The number of primary sulfonamides is 1. The quantitative estimate of drug-likeness (QED) is 0.893. The van der Waals surface area contributed by atoms with Crippen molar-refractivity contribution in [3.8, 4) is 0 Å². The average Bonchev–Trinajstić information content (AvgIpc) is 2.43. The Labute approximate surface area is 125 Å². The first-order chi connectivity index (χ1) is 10.3. The van der Waals surface area contributed by atoms with Crippen molar-refractivity contribution in [2.24, 2.45) is 5.14 Å². The fourth-order valence-corrected chi connectivity index (χ4v) is 2.28. The van der Waals surface area contributed by atoms with Gasteiger partial charge in [-0.3, -0.25) is 4.79 Å². The average molecular weight is 326 g/mol. The molecule has 0 aromatic heterocycles. The monoisotopic (exact) mass is 326 g/mol. The summed E-state index contributed by atoms with van der Waals surface area (Å²) in [6, 6.07) is 8.07. The van der Waals surface area contributed by atoms with Gasteiger partial charge in [-0.25, -0.2) is 22.3 Å². The Morgan fingerprint density at radius 3 is 2.09 bits per heavy atom. The van der Waals surface area contributed by atoms with E-state index in [9.17, 15) is 22.0 Å². The molecule has 0 aliphatic rings. The van der Waals surface area contributed by atoms with Crippen molar-refractivity contribution >= 4 is 15.9 Å². The molecule has 8 heteroatoms. The largest absolute Gasteiger partial charge is 0.348 e. The van der Waals surface area contributed by atoms with Gasteiger partial charge in [0.25, 0.3) is 5.91 Å². The molecule has 0 saturated carbocycles. The first-order valence-electron chi connectivity index (χ1n) is 6.12. The highest BCUT2D eigenvalue weighted by atomic mass is 32.2. The van der Waals surface area contributed by atoms with E-state index >= 15 is 0 Å². The van der Waals surface area contributed by atoms with E-state index in [0.29, 0.717) is 11.6 Å². The van der Waals surface area contributed by atoms with Crippen molar-refractivity contribution in [2.75, 3.05) is 0 Å². The molecule has 2 aromatic carbocycles. The summed E-state index contributed by atoms with van der Waals surface area (Å²) >= 11 is 0. The molecule has 116 valence electrons. The summed E-state index contributed by atoms with van der Waals surface area (Å²) < 4.78 is 48.2. The predicted octanol–water partition coefficient (Wildman–Crippen LogP) is 1.54. The molecular weight excluding hydrogens is 314 g/mol. The van der Waals surface area contributed by atoms with Gasteiger partial charge >= 0.3 is 0 Å². The van der Waals surface area contributed by atoms with Crippen LogP contribution < -0.4 is 10.5 Å². The third-order valence-electron chi connectivity index (χ3n) is 2.83. The zero-order valence-electron chi connectivity index (χ0n) is 11.2. The molecule has 3 N–H and O–H groups in total. The van der Waals surface area contributed by atoms with Gasteiger partial charge in [0.05, 0.1) is 4.90 Å². The minimum absolute atomic E-state index is 0.0465. The smallest absolute Gasteiger partial charge is 0.251 e. The second-order valence-corrected chi connectivity index (χ2v) is 6.09. The van der Waals surface area contributed by atoms with E-state index in [1.54, 1.807) is 0 Å². The highest BCUT2D eigenvalue weighted by molar-refractivity contribution is 7.89. The van der Waals surface area contributed by atoms with Crippen molar-refractivity contribution in [1.29, 1.82) is 0 Å². The van der Waals surface area contributed by atoms with Crippen LogP contribution in [0.2, 0.25) is 0 Å². The Morgan fingerprint density at radius 2 is 1.59 bits per heavy atom. The van der Waals surface area contributed by atoms with Crippen molar-refractivity contribution in [1.82, 2.24) is 5.32 Å². The molecule has 0 fully saturated rings. The predicted molar refractivity (Wildman–Crippen MR) is 75.3 cm³/mol. The van der Waals surface area contributed by atoms with Crippen LogP contribution in [-0.2, 0) is 16.6 Å². The normalized spacial score (nSPS) is 11.2. The maximum absolute atomic E-state index is 13.0. The Hall–Kier alpha value is -2.32. The molecule has 0 bridgehead atoms. The lowest BCUT2D eigenvalue weighted by Gasteiger charge is -2.06. The van der Waals surface area contributed by atoms with Crippen molar-refractivity contribution in [3.63, 3.8) is 0 Å². The fraction of sp³-hybridized carbons (Fsp3) is 0.0714. The molecule has 1 amide bonds. The van der Waals surface area contributed by atoms with Crippen LogP contribution >= 0.6 is 0 Å². The summed E-state index contributed by atoms with van der Waals surface area (Å²) in [5, 5.41) is 7.44. The second-order valence-electron chi connectivity index (χ2n) is 4.53. The lowest BCUT2D eigenvalue weighted by molar-refractivity contribution is 0.0950. The highest BCUT2D eigenvalue weighted by Crippen LogP contribution is 2.10. The zero-order chi connectivity index (χ0) is 16.3. The van der Waals surface area contributed by atoms with Gasteiger partial charge < -0.3 is 5.32 Å². The molecule has 0 atom stereocenters. The van der Waals surface area contributed by atoms with E-state index in [0.717, 1.165) is 12.1 Å². The molecule has 2 rings (SSSR count). The third kappa shape index (κ3) is 4.09. The van der Waals surface area contributed by atoms with E-state index in [-0.39, 0.29) is 17.0 Å². The van der Waals surface area contributed by atoms with E-state index in [2.05, 4.69) is 5.32 Å². The number of nitrogens with one attached hydrogen (secondary N) is 1. The number of carbonyl (C=O) groups excluding carboxylic acids is 1. The summed E-state index contributed by atoms with van der Waals surface area (Å²) in [7, 11) is -3.77. The molecular formula is C14H12F2N2O3S. The van der Waals surface area contributed by atoms with Gasteiger partial charge in [-0.2, -0.15) is 0 Å². The minimum atomic E-state index is -3.77. The third-order valence-corrected chi connectivity index (χ3v) is 3.76. The number of halogens is 2. The van der Waals surface area contributed by atoms with Gasteiger partial charge in [0.2, 0.25) is 10.0 Å². The second kappa shape index (κ2) is 6.20. The molecule has 0 saturated heterocycles. The van der Waals surface area contributed by atoms with Crippen LogP contribution in [0.5, 0.6) is 0 Å². The number of rotatable bonds is 4. The summed E-state index contributed by atoms with van der Waals surface area (Å²) in [6.45, 7) is 0.0713. The maximum atomic E-state index is 13.0. The summed E-state index contributed by atoms with van der Waals surface area (Å²) in [5.41, 5.74) is 0.469. The molecule has 0 heterocycles. The lowest BCUT2D eigenvalue weighted by atomic mass is 10.2. The molecule has 0 aliphatic carbocycles. The van der Waals surface area contributed by atoms with Crippen molar-refractivity contribution in [2.45, 2.75) is 11.4 Å².